The molecular weight excluding hydrogens is 262 g/mol. The summed E-state index contributed by atoms with van der Waals surface area (Å²) >= 11 is 0. The topological polar surface area (TPSA) is 35.6 Å². The molecule has 2 heterocycles. The molecule has 0 aliphatic carbocycles. The van der Waals surface area contributed by atoms with Crippen LogP contribution in [0.4, 0.5) is 0 Å². The van der Waals surface area contributed by atoms with Crippen LogP contribution in [-0.2, 0) is 4.79 Å². The fraction of sp³-hybridized carbons (Fsp3) is 0.941. The van der Waals surface area contributed by atoms with E-state index in [-0.39, 0.29) is 6.04 Å². The highest BCUT2D eigenvalue weighted by molar-refractivity contribution is 5.82. The van der Waals surface area contributed by atoms with Crippen molar-refractivity contribution in [1.82, 2.24) is 15.1 Å². The molecule has 4 heteroatoms. The van der Waals surface area contributed by atoms with E-state index in [1.165, 1.54) is 25.8 Å². The van der Waals surface area contributed by atoms with E-state index < -0.39 is 0 Å². The number of nitrogens with one attached hydrogen (secondary N) is 1. The van der Waals surface area contributed by atoms with Crippen LogP contribution >= 0.6 is 0 Å². The minimum atomic E-state index is 0.0306. The van der Waals surface area contributed by atoms with Crippen molar-refractivity contribution in [2.24, 2.45) is 5.92 Å². The summed E-state index contributed by atoms with van der Waals surface area (Å²) in [6.45, 7) is 8.96. The van der Waals surface area contributed by atoms with Gasteiger partial charge in [-0.1, -0.05) is 13.3 Å². The Hall–Kier alpha value is -0.610. The van der Waals surface area contributed by atoms with Crippen molar-refractivity contribution in [2.45, 2.75) is 64.5 Å². The Labute approximate surface area is 130 Å². The third-order valence-corrected chi connectivity index (χ3v) is 5.33. The zero-order valence-corrected chi connectivity index (χ0v) is 14.1. The third-order valence-electron chi connectivity index (χ3n) is 5.33. The molecule has 0 bridgehead atoms. The van der Waals surface area contributed by atoms with E-state index in [1.807, 2.05) is 7.05 Å². The number of carbonyl (C=O) groups excluding carboxylic acids is 1. The molecule has 0 saturated carbocycles. The highest BCUT2D eigenvalue weighted by Crippen LogP contribution is 2.23. The molecule has 3 unspecified atom stereocenters. The van der Waals surface area contributed by atoms with Gasteiger partial charge in [-0.2, -0.15) is 0 Å². The first kappa shape index (κ1) is 16.8. The van der Waals surface area contributed by atoms with Crippen molar-refractivity contribution in [3.8, 4) is 0 Å². The summed E-state index contributed by atoms with van der Waals surface area (Å²) in [5.74, 6) is 0.976. The van der Waals surface area contributed by atoms with Gasteiger partial charge in [-0.05, 0) is 65.1 Å². The van der Waals surface area contributed by atoms with Crippen molar-refractivity contribution in [3.05, 3.63) is 0 Å². The second kappa shape index (κ2) is 8.14. The number of likely N-dealkylation sites (tertiary alicyclic amines) is 2. The molecular formula is C17H33N3O. The first-order valence-electron chi connectivity index (χ1n) is 8.85. The van der Waals surface area contributed by atoms with E-state index in [0.717, 1.165) is 38.9 Å². The van der Waals surface area contributed by atoms with Crippen molar-refractivity contribution in [2.75, 3.05) is 33.2 Å². The number of hydrogen-bond donors (Lipinski definition) is 1. The van der Waals surface area contributed by atoms with Crippen LogP contribution in [0.5, 0.6) is 0 Å². The Bertz CT molecular complexity index is 334. The Morgan fingerprint density at radius 2 is 2.00 bits per heavy atom. The standard InChI is InChI=1S/C17H33N3O/c1-4-19-11-6-5-9-15(12-19)13-20-14(2)8-7-10-16(18-3)17(20)21/h14-16,18H,4-13H2,1-3H3. The van der Waals surface area contributed by atoms with Gasteiger partial charge < -0.3 is 15.1 Å². The summed E-state index contributed by atoms with van der Waals surface area (Å²) in [5.41, 5.74) is 0. The van der Waals surface area contributed by atoms with Crippen LogP contribution < -0.4 is 5.32 Å². The van der Waals surface area contributed by atoms with Crippen LogP contribution in [0.3, 0.4) is 0 Å². The monoisotopic (exact) mass is 295 g/mol. The first-order valence-corrected chi connectivity index (χ1v) is 8.85. The number of amides is 1. The Balaban J connectivity index is 2.01. The van der Waals surface area contributed by atoms with E-state index in [4.69, 9.17) is 0 Å². The van der Waals surface area contributed by atoms with Gasteiger partial charge in [0.05, 0.1) is 6.04 Å². The third kappa shape index (κ3) is 4.43. The van der Waals surface area contributed by atoms with Crippen LogP contribution in [0.2, 0.25) is 0 Å². The molecule has 0 aromatic carbocycles. The van der Waals surface area contributed by atoms with E-state index >= 15 is 0 Å². The SMILES string of the molecule is CCN1CCCCC(CN2C(=O)C(NC)CCCC2C)C1. The van der Waals surface area contributed by atoms with Crippen LogP contribution in [0.15, 0.2) is 0 Å². The molecule has 1 amide bonds. The highest BCUT2D eigenvalue weighted by atomic mass is 16.2. The largest absolute Gasteiger partial charge is 0.338 e. The molecule has 0 spiro atoms. The van der Waals surface area contributed by atoms with E-state index in [1.54, 1.807) is 0 Å². The molecule has 2 aliphatic rings. The molecule has 2 aliphatic heterocycles. The lowest BCUT2D eigenvalue weighted by Crippen LogP contribution is -2.49. The van der Waals surface area contributed by atoms with Gasteiger partial charge in [0.2, 0.25) is 5.91 Å². The maximum Gasteiger partial charge on any atom is 0.239 e. The molecule has 2 fully saturated rings. The quantitative estimate of drug-likeness (QED) is 0.863. The second-order valence-electron chi connectivity index (χ2n) is 6.87. The molecule has 3 atom stereocenters. The Kier molecular flexibility index (Phi) is 6.49. The molecule has 122 valence electrons. The highest BCUT2D eigenvalue weighted by Gasteiger charge is 2.32. The van der Waals surface area contributed by atoms with E-state index in [2.05, 4.69) is 29.0 Å². The van der Waals surface area contributed by atoms with Crippen molar-refractivity contribution >= 4 is 5.91 Å². The van der Waals surface area contributed by atoms with Crippen molar-refractivity contribution in [3.63, 3.8) is 0 Å². The van der Waals surface area contributed by atoms with Gasteiger partial charge in [0, 0.05) is 19.1 Å². The van der Waals surface area contributed by atoms with Crippen LogP contribution in [0.25, 0.3) is 0 Å². The smallest absolute Gasteiger partial charge is 0.239 e. The number of rotatable bonds is 4. The summed E-state index contributed by atoms with van der Waals surface area (Å²) in [4.78, 5) is 17.5. The van der Waals surface area contributed by atoms with E-state index in [9.17, 15) is 4.79 Å². The molecule has 0 radical (unpaired) electrons. The lowest BCUT2D eigenvalue weighted by molar-refractivity contribution is -0.135. The molecule has 21 heavy (non-hydrogen) atoms. The molecule has 2 saturated heterocycles. The predicted molar refractivity (Wildman–Crippen MR) is 87.3 cm³/mol. The predicted octanol–water partition coefficient (Wildman–Crippen LogP) is 2.10. The van der Waals surface area contributed by atoms with Crippen LogP contribution in [0, 0.1) is 5.92 Å². The van der Waals surface area contributed by atoms with Gasteiger partial charge in [0.15, 0.2) is 0 Å². The zero-order chi connectivity index (χ0) is 15.2. The molecule has 4 nitrogen and oxygen atoms in total. The van der Waals surface area contributed by atoms with Gasteiger partial charge in [-0.25, -0.2) is 0 Å². The molecule has 2 rings (SSSR count). The Morgan fingerprint density at radius 1 is 1.19 bits per heavy atom. The van der Waals surface area contributed by atoms with Gasteiger partial charge in [0.25, 0.3) is 0 Å². The minimum absolute atomic E-state index is 0.0306. The van der Waals surface area contributed by atoms with Crippen molar-refractivity contribution < 1.29 is 4.79 Å². The maximum absolute atomic E-state index is 12.7. The molecule has 0 aromatic rings. The maximum atomic E-state index is 12.7. The van der Waals surface area contributed by atoms with Gasteiger partial charge in [-0.3, -0.25) is 4.79 Å². The van der Waals surface area contributed by atoms with E-state index in [0.29, 0.717) is 17.9 Å². The van der Waals surface area contributed by atoms with Gasteiger partial charge in [0.1, 0.15) is 0 Å². The fourth-order valence-electron chi connectivity index (χ4n) is 3.88. The minimum Gasteiger partial charge on any atom is -0.338 e. The summed E-state index contributed by atoms with van der Waals surface area (Å²) in [7, 11) is 1.92. The summed E-state index contributed by atoms with van der Waals surface area (Å²) in [6.07, 6.45) is 7.19. The average molecular weight is 295 g/mol. The van der Waals surface area contributed by atoms with Gasteiger partial charge in [-0.15, -0.1) is 0 Å². The first-order chi connectivity index (χ1) is 10.2. The zero-order valence-electron chi connectivity index (χ0n) is 14.1. The van der Waals surface area contributed by atoms with Crippen molar-refractivity contribution in [1.29, 1.82) is 0 Å². The Morgan fingerprint density at radius 3 is 2.71 bits per heavy atom. The number of likely N-dealkylation sites (N-methyl/N-ethyl adjacent to an activating group) is 1. The lowest BCUT2D eigenvalue weighted by Gasteiger charge is -2.34. The average Bonchev–Trinajstić information content (AvgIpc) is 2.79. The summed E-state index contributed by atoms with van der Waals surface area (Å²) in [5, 5.41) is 3.21. The number of hydrogen-bond acceptors (Lipinski definition) is 3. The fourth-order valence-corrected chi connectivity index (χ4v) is 3.88. The summed E-state index contributed by atoms with van der Waals surface area (Å²) < 4.78 is 0. The lowest BCUT2D eigenvalue weighted by atomic mass is 10.0. The number of nitrogens with zero attached hydrogens (tertiary/aromatic N) is 2. The number of carbonyl (C=O) groups is 1. The second-order valence-corrected chi connectivity index (χ2v) is 6.87. The van der Waals surface area contributed by atoms with Gasteiger partial charge >= 0.3 is 0 Å². The summed E-state index contributed by atoms with van der Waals surface area (Å²) in [6, 6.07) is 0.428. The van der Waals surface area contributed by atoms with Crippen LogP contribution in [-0.4, -0.2) is 61.0 Å². The molecule has 0 aromatic heterocycles. The molecule has 1 N–H and O–H groups in total. The normalized spacial score (nSPS) is 32.8. The van der Waals surface area contributed by atoms with Crippen LogP contribution in [0.1, 0.15) is 52.4 Å².